The fourth-order valence-corrected chi connectivity index (χ4v) is 4.82. The van der Waals surface area contributed by atoms with Crippen LogP contribution in [0.5, 0.6) is 0 Å². The number of Topliss-reactive ketones (excluding diaryl/α,β-unsaturated/α-hetero) is 1. The second kappa shape index (κ2) is 7.86. The van der Waals surface area contributed by atoms with Gasteiger partial charge in [-0.1, -0.05) is 62.4 Å². The molecule has 6 nitrogen and oxygen atoms in total. The van der Waals surface area contributed by atoms with Gasteiger partial charge >= 0.3 is 0 Å². The number of carbonyl (C=O) groups is 1. The Bertz CT molecular complexity index is 1310. The third-order valence-electron chi connectivity index (χ3n) is 6.30. The molecule has 2 atom stereocenters. The lowest BCUT2D eigenvalue weighted by Crippen LogP contribution is -2.39. The lowest BCUT2D eigenvalue weighted by molar-refractivity contribution is -0.119. The van der Waals surface area contributed by atoms with Crippen LogP contribution < -0.4 is 0 Å². The standard InChI is InChI=1S/C27H24N4O2/c1-27(2)14-22(32)25-23(15-27)33-26(29)19(16-28)24(25)21-13-20(17-9-5-3-6-10-17)30-31(21)18-11-7-4-8-12-18/h3-13,19,24,29H,14-15H2,1-2H3. The first kappa shape index (κ1) is 20.9. The van der Waals surface area contributed by atoms with Gasteiger partial charge in [0.1, 0.15) is 11.7 Å². The molecule has 33 heavy (non-hydrogen) atoms. The average Bonchev–Trinajstić information content (AvgIpc) is 3.24. The predicted molar refractivity (Wildman–Crippen MR) is 125 cm³/mol. The summed E-state index contributed by atoms with van der Waals surface area (Å²) in [6, 6.07) is 23.6. The Morgan fingerprint density at radius 2 is 1.76 bits per heavy atom. The Labute approximate surface area is 192 Å². The van der Waals surface area contributed by atoms with Crippen molar-refractivity contribution in [2.24, 2.45) is 11.3 Å². The van der Waals surface area contributed by atoms with E-state index in [0.29, 0.717) is 29.9 Å². The number of allylic oxidation sites excluding steroid dienone is 2. The average molecular weight is 437 g/mol. The largest absolute Gasteiger partial charge is 0.446 e. The van der Waals surface area contributed by atoms with Crippen LogP contribution in [0.1, 0.15) is 38.3 Å². The molecule has 2 aliphatic rings. The number of nitrogens with one attached hydrogen (secondary N) is 1. The first-order valence-corrected chi connectivity index (χ1v) is 11.0. The van der Waals surface area contributed by atoms with Crippen molar-refractivity contribution in [3.05, 3.63) is 83.8 Å². The Morgan fingerprint density at radius 3 is 2.42 bits per heavy atom. The first-order valence-electron chi connectivity index (χ1n) is 11.0. The maximum Gasteiger partial charge on any atom is 0.205 e. The van der Waals surface area contributed by atoms with E-state index >= 15 is 0 Å². The summed E-state index contributed by atoms with van der Waals surface area (Å²) in [5.41, 5.74) is 3.47. The van der Waals surface area contributed by atoms with Gasteiger partial charge in [0.2, 0.25) is 5.90 Å². The molecule has 0 saturated carbocycles. The van der Waals surface area contributed by atoms with Crippen LogP contribution in [-0.2, 0) is 9.53 Å². The second-order valence-electron chi connectivity index (χ2n) is 9.40. The minimum Gasteiger partial charge on any atom is -0.446 e. The Kier molecular flexibility index (Phi) is 4.98. The zero-order chi connectivity index (χ0) is 23.2. The van der Waals surface area contributed by atoms with Crippen molar-refractivity contribution in [3.8, 4) is 23.0 Å². The molecule has 0 bridgehead atoms. The topological polar surface area (TPSA) is 91.8 Å². The van der Waals surface area contributed by atoms with E-state index < -0.39 is 11.8 Å². The number of nitrogens with zero attached hydrogens (tertiary/aromatic N) is 3. The summed E-state index contributed by atoms with van der Waals surface area (Å²) in [7, 11) is 0. The molecule has 6 heteroatoms. The maximum atomic E-state index is 13.4. The van der Waals surface area contributed by atoms with Crippen molar-refractivity contribution >= 4 is 11.7 Å². The van der Waals surface area contributed by atoms with Crippen molar-refractivity contribution in [1.29, 1.82) is 10.7 Å². The highest BCUT2D eigenvalue weighted by Gasteiger charge is 2.47. The highest BCUT2D eigenvalue weighted by atomic mass is 16.5. The van der Waals surface area contributed by atoms with Gasteiger partial charge in [-0.05, 0) is 23.6 Å². The third kappa shape index (κ3) is 3.66. The molecule has 0 fully saturated rings. The van der Waals surface area contributed by atoms with Crippen molar-refractivity contribution in [2.45, 2.75) is 32.6 Å². The molecule has 2 heterocycles. The summed E-state index contributed by atoms with van der Waals surface area (Å²) in [4.78, 5) is 13.4. The number of hydrogen-bond acceptors (Lipinski definition) is 5. The molecule has 5 rings (SSSR count). The van der Waals surface area contributed by atoms with Crippen LogP contribution >= 0.6 is 0 Å². The van der Waals surface area contributed by atoms with E-state index in [-0.39, 0.29) is 17.1 Å². The van der Waals surface area contributed by atoms with Gasteiger partial charge in [-0.25, -0.2) is 4.68 Å². The molecule has 1 N–H and O–H groups in total. The molecule has 0 spiro atoms. The molecule has 0 saturated heterocycles. The minimum absolute atomic E-state index is 0.0268. The van der Waals surface area contributed by atoms with Crippen LogP contribution in [0, 0.1) is 28.1 Å². The van der Waals surface area contributed by atoms with Crippen LogP contribution in [0.15, 0.2) is 78.1 Å². The SMILES string of the molecule is CC1(C)CC(=O)C2=C(C1)OC(=N)C(C#N)C2c1cc(-c2ccccc2)nn1-c1ccccc1. The molecular weight excluding hydrogens is 412 g/mol. The molecule has 0 radical (unpaired) electrons. The minimum atomic E-state index is -0.906. The number of ether oxygens (including phenoxy) is 1. The van der Waals surface area contributed by atoms with E-state index in [4.69, 9.17) is 15.2 Å². The van der Waals surface area contributed by atoms with Crippen molar-refractivity contribution in [2.75, 3.05) is 0 Å². The maximum absolute atomic E-state index is 13.4. The zero-order valence-corrected chi connectivity index (χ0v) is 18.6. The van der Waals surface area contributed by atoms with Gasteiger partial charge in [-0.15, -0.1) is 0 Å². The second-order valence-corrected chi connectivity index (χ2v) is 9.40. The molecule has 2 unspecified atom stereocenters. The highest BCUT2D eigenvalue weighted by Crippen LogP contribution is 2.48. The van der Waals surface area contributed by atoms with Crippen molar-refractivity contribution in [1.82, 2.24) is 9.78 Å². The summed E-state index contributed by atoms with van der Waals surface area (Å²) in [5, 5.41) is 23.4. The normalized spacial score (nSPS) is 21.8. The summed E-state index contributed by atoms with van der Waals surface area (Å²) in [6.07, 6.45) is 0.929. The third-order valence-corrected chi connectivity index (χ3v) is 6.30. The summed E-state index contributed by atoms with van der Waals surface area (Å²) < 4.78 is 7.58. The van der Waals surface area contributed by atoms with Crippen LogP contribution in [0.3, 0.4) is 0 Å². The van der Waals surface area contributed by atoms with Crippen LogP contribution in [0.2, 0.25) is 0 Å². The Hall–Kier alpha value is -3.98. The van der Waals surface area contributed by atoms with E-state index in [1.54, 1.807) is 4.68 Å². The van der Waals surface area contributed by atoms with Crippen molar-refractivity contribution < 1.29 is 9.53 Å². The quantitative estimate of drug-likeness (QED) is 0.594. The molecule has 2 aromatic carbocycles. The summed E-state index contributed by atoms with van der Waals surface area (Å²) >= 11 is 0. The molecule has 1 aromatic heterocycles. The Morgan fingerprint density at radius 1 is 1.09 bits per heavy atom. The number of para-hydroxylation sites is 1. The monoisotopic (exact) mass is 436 g/mol. The lowest BCUT2D eigenvalue weighted by Gasteiger charge is -2.39. The molecule has 1 aliphatic carbocycles. The smallest absolute Gasteiger partial charge is 0.205 e. The number of aromatic nitrogens is 2. The Balaban J connectivity index is 1.76. The van der Waals surface area contributed by atoms with E-state index in [1.165, 1.54) is 0 Å². The summed E-state index contributed by atoms with van der Waals surface area (Å²) in [6.45, 7) is 4.05. The van der Waals surface area contributed by atoms with Gasteiger partial charge in [0.15, 0.2) is 5.78 Å². The zero-order valence-electron chi connectivity index (χ0n) is 18.6. The van der Waals surface area contributed by atoms with Crippen LogP contribution in [0.25, 0.3) is 16.9 Å². The van der Waals surface area contributed by atoms with E-state index in [2.05, 4.69) is 6.07 Å². The van der Waals surface area contributed by atoms with Crippen LogP contribution in [0.4, 0.5) is 0 Å². The molecule has 3 aromatic rings. The van der Waals surface area contributed by atoms with Gasteiger partial charge < -0.3 is 4.74 Å². The van der Waals surface area contributed by atoms with Gasteiger partial charge in [0.25, 0.3) is 0 Å². The van der Waals surface area contributed by atoms with Gasteiger partial charge in [0, 0.05) is 24.0 Å². The van der Waals surface area contributed by atoms with Crippen molar-refractivity contribution in [3.63, 3.8) is 0 Å². The number of carbonyl (C=O) groups excluding carboxylic acids is 1. The number of rotatable bonds is 3. The number of benzene rings is 2. The van der Waals surface area contributed by atoms with Crippen LogP contribution in [-0.4, -0.2) is 21.5 Å². The molecule has 164 valence electrons. The fourth-order valence-electron chi connectivity index (χ4n) is 4.82. The predicted octanol–water partition coefficient (Wildman–Crippen LogP) is 5.41. The number of ketones is 1. The van der Waals surface area contributed by atoms with E-state index in [1.807, 2.05) is 80.6 Å². The van der Waals surface area contributed by atoms with Gasteiger partial charge in [-0.2, -0.15) is 10.4 Å². The molecular formula is C27H24N4O2. The van der Waals surface area contributed by atoms with E-state index in [0.717, 1.165) is 16.9 Å². The lowest BCUT2D eigenvalue weighted by atomic mass is 9.69. The molecule has 1 aliphatic heterocycles. The first-order chi connectivity index (χ1) is 15.9. The van der Waals surface area contributed by atoms with Gasteiger partial charge in [-0.3, -0.25) is 10.2 Å². The highest BCUT2D eigenvalue weighted by molar-refractivity contribution is 6.01. The molecule has 0 amide bonds. The van der Waals surface area contributed by atoms with E-state index in [9.17, 15) is 10.1 Å². The fraction of sp³-hybridized carbons (Fsp3) is 0.259. The van der Waals surface area contributed by atoms with Gasteiger partial charge in [0.05, 0.1) is 29.1 Å². The number of nitriles is 1. The summed E-state index contributed by atoms with van der Waals surface area (Å²) in [5.74, 6) is -1.16. The number of hydrogen-bond donors (Lipinski definition) is 1.